The van der Waals surface area contributed by atoms with E-state index in [0.29, 0.717) is 5.88 Å². The average molecular weight is 280 g/mol. The van der Waals surface area contributed by atoms with E-state index < -0.39 is 23.9 Å². The van der Waals surface area contributed by atoms with Crippen LogP contribution in [0.4, 0.5) is 4.79 Å². The topological polar surface area (TPSA) is 71.9 Å². The van der Waals surface area contributed by atoms with Gasteiger partial charge in [-0.15, -0.1) is 0 Å². The predicted octanol–water partition coefficient (Wildman–Crippen LogP) is 1.44. The van der Waals surface area contributed by atoms with E-state index in [9.17, 15) is 9.90 Å². The Hall–Kier alpha value is -1.82. The number of carbonyl (C=O) groups excluding carboxylic acids is 1. The molecule has 110 valence electrons. The van der Waals surface area contributed by atoms with Crippen molar-refractivity contribution in [3.05, 3.63) is 24.4 Å². The summed E-state index contributed by atoms with van der Waals surface area (Å²) in [5.41, 5.74) is -0.554. The van der Waals surface area contributed by atoms with Crippen LogP contribution in [0.5, 0.6) is 5.88 Å². The van der Waals surface area contributed by atoms with Gasteiger partial charge in [-0.25, -0.2) is 9.78 Å². The zero-order valence-electron chi connectivity index (χ0n) is 11.9. The molecule has 2 rings (SSSR count). The second-order valence-electron chi connectivity index (χ2n) is 5.78. The van der Waals surface area contributed by atoms with Gasteiger partial charge in [0.2, 0.25) is 5.88 Å². The Morgan fingerprint density at radius 3 is 2.75 bits per heavy atom. The fraction of sp³-hybridized carbons (Fsp3) is 0.571. The standard InChI is InChI=1S/C14H20N2O4/c1-14(2,3)20-13(18)16-8-10(17)11(9-16)19-12-6-4-5-7-15-12/h4-7,10-11,17H,8-9H2,1-3H3. The molecule has 1 aromatic heterocycles. The minimum Gasteiger partial charge on any atom is -0.470 e. The van der Waals surface area contributed by atoms with Gasteiger partial charge >= 0.3 is 6.09 Å². The van der Waals surface area contributed by atoms with E-state index in [4.69, 9.17) is 9.47 Å². The van der Waals surface area contributed by atoms with Crippen LogP contribution in [-0.2, 0) is 4.74 Å². The van der Waals surface area contributed by atoms with Crippen LogP contribution >= 0.6 is 0 Å². The zero-order valence-corrected chi connectivity index (χ0v) is 11.9. The summed E-state index contributed by atoms with van der Waals surface area (Å²) < 4.78 is 10.9. The maximum Gasteiger partial charge on any atom is 0.410 e. The third-order valence-electron chi connectivity index (χ3n) is 2.80. The van der Waals surface area contributed by atoms with Crippen LogP contribution in [0, 0.1) is 0 Å². The molecule has 2 heterocycles. The minimum atomic E-state index is -0.746. The molecule has 0 saturated carbocycles. The molecule has 0 aromatic carbocycles. The monoisotopic (exact) mass is 280 g/mol. The van der Waals surface area contributed by atoms with Crippen LogP contribution in [0.15, 0.2) is 24.4 Å². The molecule has 0 radical (unpaired) electrons. The Morgan fingerprint density at radius 2 is 2.15 bits per heavy atom. The largest absolute Gasteiger partial charge is 0.470 e. The number of aliphatic hydroxyl groups is 1. The molecule has 20 heavy (non-hydrogen) atoms. The normalized spacial score (nSPS) is 22.7. The molecule has 0 spiro atoms. The number of nitrogens with zero attached hydrogens (tertiary/aromatic N) is 2. The number of aromatic nitrogens is 1. The second kappa shape index (κ2) is 5.66. The number of likely N-dealkylation sites (tertiary alicyclic amines) is 1. The van der Waals surface area contributed by atoms with Gasteiger partial charge in [0.05, 0.1) is 13.1 Å². The SMILES string of the molecule is CC(C)(C)OC(=O)N1CC(O)C(Oc2ccccn2)C1. The number of carbonyl (C=O) groups is 1. The van der Waals surface area contributed by atoms with E-state index in [1.165, 1.54) is 4.90 Å². The molecule has 1 aliphatic rings. The molecule has 1 aromatic rings. The van der Waals surface area contributed by atoms with Crippen molar-refractivity contribution in [1.29, 1.82) is 0 Å². The number of pyridine rings is 1. The lowest BCUT2D eigenvalue weighted by atomic mass is 10.2. The van der Waals surface area contributed by atoms with Gasteiger partial charge in [0.25, 0.3) is 0 Å². The number of β-amino-alcohol motifs (C(OH)–C–C–N with tert-alkyl or cyclic N) is 1. The van der Waals surface area contributed by atoms with Gasteiger partial charge in [-0.3, -0.25) is 0 Å². The summed E-state index contributed by atoms with van der Waals surface area (Å²) in [6, 6.07) is 5.29. The summed E-state index contributed by atoms with van der Waals surface area (Å²) in [5.74, 6) is 0.433. The lowest BCUT2D eigenvalue weighted by Crippen LogP contribution is -2.36. The van der Waals surface area contributed by atoms with Gasteiger partial charge in [-0.05, 0) is 26.8 Å². The second-order valence-corrected chi connectivity index (χ2v) is 5.78. The molecule has 1 N–H and O–H groups in total. The van der Waals surface area contributed by atoms with E-state index in [1.54, 1.807) is 45.2 Å². The third-order valence-corrected chi connectivity index (χ3v) is 2.80. The molecule has 1 amide bonds. The van der Waals surface area contributed by atoms with Crippen molar-refractivity contribution >= 4 is 6.09 Å². The fourth-order valence-electron chi connectivity index (χ4n) is 1.92. The summed E-state index contributed by atoms with van der Waals surface area (Å²) in [5, 5.41) is 9.97. The molecular formula is C14H20N2O4. The maximum absolute atomic E-state index is 11.9. The smallest absolute Gasteiger partial charge is 0.410 e. The molecule has 0 aliphatic carbocycles. The highest BCUT2D eigenvalue weighted by Crippen LogP contribution is 2.19. The number of aliphatic hydroxyl groups excluding tert-OH is 1. The van der Waals surface area contributed by atoms with Crippen LogP contribution in [-0.4, -0.2) is 52.0 Å². The van der Waals surface area contributed by atoms with Crippen molar-refractivity contribution < 1.29 is 19.4 Å². The minimum absolute atomic E-state index is 0.201. The Labute approximate surface area is 118 Å². The maximum atomic E-state index is 11.9. The molecule has 6 nitrogen and oxygen atoms in total. The van der Waals surface area contributed by atoms with Crippen molar-refractivity contribution in [1.82, 2.24) is 9.88 Å². The number of amides is 1. The van der Waals surface area contributed by atoms with Gasteiger partial charge in [0.1, 0.15) is 17.8 Å². The van der Waals surface area contributed by atoms with Crippen LogP contribution < -0.4 is 4.74 Å². The first-order valence-corrected chi connectivity index (χ1v) is 6.59. The lowest BCUT2D eigenvalue weighted by Gasteiger charge is -2.24. The van der Waals surface area contributed by atoms with E-state index in [2.05, 4.69) is 4.98 Å². The molecule has 6 heteroatoms. The highest BCUT2D eigenvalue weighted by atomic mass is 16.6. The first-order valence-electron chi connectivity index (χ1n) is 6.59. The van der Waals surface area contributed by atoms with Crippen LogP contribution in [0.25, 0.3) is 0 Å². The number of rotatable bonds is 2. The van der Waals surface area contributed by atoms with Crippen molar-refractivity contribution in [2.75, 3.05) is 13.1 Å². The first kappa shape index (κ1) is 14.6. The van der Waals surface area contributed by atoms with E-state index >= 15 is 0 Å². The highest BCUT2D eigenvalue weighted by molar-refractivity contribution is 5.68. The Kier molecular flexibility index (Phi) is 4.13. The molecule has 1 fully saturated rings. The summed E-state index contributed by atoms with van der Waals surface area (Å²) in [6.45, 7) is 5.90. The molecule has 1 saturated heterocycles. The van der Waals surface area contributed by atoms with E-state index in [-0.39, 0.29) is 13.1 Å². The molecule has 2 atom stereocenters. The van der Waals surface area contributed by atoms with Gasteiger partial charge in [-0.2, -0.15) is 0 Å². The average Bonchev–Trinajstić information content (AvgIpc) is 2.70. The predicted molar refractivity (Wildman–Crippen MR) is 72.5 cm³/mol. The quantitative estimate of drug-likeness (QED) is 0.887. The van der Waals surface area contributed by atoms with Crippen molar-refractivity contribution in [2.24, 2.45) is 0 Å². The lowest BCUT2D eigenvalue weighted by molar-refractivity contribution is 0.0268. The number of hydrogen-bond acceptors (Lipinski definition) is 5. The van der Waals surface area contributed by atoms with Gasteiger partial charge in [-0.1, -0.05) is 6.07 Å². The molecular weight excluding hydrogens is 260 g/mol. The van der Waals surface area contributed by atoms with Gasteiger partial charge in [0.15, 0.2) is 0 Å². The van der Waals surface area contributed by atoms with Crippen LogP contribution in [0.3, 0.4) is 0 Å². The summed E-state index contributed by atoms with van der Waals surface area (Å²) in [7, 11) is 0. The molecule has 2 unspecified atom stereocenters. The highest BCUT2D eigenvalue weighted by Gasteiger charge is 2.37. The van der Waals surface area contributed by atoms with Crippen molar-refractivity contribution in [3.8, 4) is 5.88 Å². The van der Waals surface area contributed by atoms with Crippen molar-refractivity contribution in [3.63, 3.8) is 0 Å². The zero-order chi connectivity index (χ0) is 14.8. The fourth-order valence-corrected chi connectivity index (χ4v) is 1.92. The Balaban J connectivity index is 1.94. The third kappa shape index (κ3) is 3.84. The molecule has 1 aliphatic heterocycles. The Bertz CT molecular complexity index is 458. The summed E-state index contributed by atoms with van der Waals surface area (Å²) >= 11 is 0. The Morgan fingerprint density at radius 1 is 1.40 bits per heavy atom. The summed E-state index contributed by atoms with van der Waals surface area (Å²) in [6.07, 6.45) is -0.0620. The van der Waals surface area contributed by atoms with Gasteiger partial charge in [0, 0.05) is 12.3 Å². The summed E-state index contributed by atoms with van der Waals surface area (Å²) in [4.78, 5) is 17.4. The van der Waals surface area contributed by atoms with Crippen LogP contribution in [0.2, 0.25) is 0 Å². The van der Waals surface area contributed by atoms with E-state index in [1.807, 2.05) is 0 Å². The van der Waals surface area contributed by atoms with Crippen LogP contribution in [0.1, 0.15) is 20.8 Å². The van der Waals surface area contributed by atoms with E-state index in [0.717, 1.165) is 0 Å². The molecule has 0 bridgehead atoms. The number of hydrogen-bond donors (Lipinski definition) is 1. The van der Waals surface area contributed by atoms with Crippen molar-refractivity contribution in [2.45, 2.75) is 38.6 Å². The number of ether oxygens (including phenoxy) is 2. The van der Waals surface area contributed by atoms with Gasteiger partial charge < -0.3 is 19.5 Å². The first-order chi connectivity index (χ1) is 9.35.